The monoisotopic (exact) mass is 403 g/mol. The summed E-state index contributed by atoms with van der Waals surface area (Å²) in [6, 6.07) is -1.15. The van der Waals surface area contributed by atoms with Crippen molar-refractivity contribution in [3.8, 4) is 0 Å². The Balaban J connectivity index is 3.31. The zero-order chi connectivity index (χ0) is 21.4. The van der Waals surface area contributed by atoms with Crippen LogP contribution in [0, 0.1) is 0 Å². The van der Waals surface area contributed by atoms with Crippen LogP contribution in [-0.4, -0.2) is 67.0 Å². The number of rotatable bonds is 7. The summed E-state index contributed by atoms with van der Waals surface area (Å²) in [5, 5.41) is 2.55. The predicted molar refractivity (Wildman–Crippen MR) is 90.4 cm³/mol. The molecule has 1 fully saturated rings. The summed E-state index contributed by atoms with van der Waals surface area (Å²) in [6.45, 7) is 5.78. The summed E-state index contributed by atoms with van der Waals surface area (Å²) in [4.78, 5) is 57.8. The van der Waals surface area contributed by atoms with Gasteiger partial charge in [0.15, 0.2) is 12.2 Å². The molecule has 1 rings (SSSR count). The van der Waals surface area contributed by atoms with E-state index in [1.807, 2.05) is 0 Å². The zero-order valence-electron chi connectivity index (χ0n) is 16.4. The van der Waals surface area contributed by atoms with E-state index in [1.165, 1.54) is 6.92 Å². The normalized spacial score (nSPS) is 26.5. The van der Waals surface area contributed by atoms with Gasteiger partial charge in [-0.3, -0.25) is 24.0 Å². The minimum Gasteiger partial charge on any atom is -0.463 e. The molecule has 11 nitrogen and oxygen atoms in total. The van der Waals surface area contributed by atoms with Gasteiger partial charge >= 0.3 is 23.9 Å². The molecule has 1 N–H and O–H groups in total. The van der Waals surface area contributed by atoms with E-state index in [0.717, 1.165) is 20.8 Å². The lowest BCUT2D eigenvalue weighted by atomic mass is 9.96. The molecule has 0 aromatic carbocycles. The molecule has 1 aliphatic rings. The molecular formula is C17H25NO10. The maximum Gasteiger partial charge on any atom is 0.305 e. The van der Waals surface area contributed by atoms with Gasteiger partial charge in [0.2, 0.25) is 12.2 Å². The van der Waals surface area contributed by atoms with E-state index < -0.39 is 60.4 Å². The van der Waals surface area contributed by atoms with E-state index in [0.29, 0.717) is 0 Å². The van der Waals surface area contributed by atoms with E-state index in [9.17, 15) is 24.0 Å². The van der Waals surface area contributed by atoms with Crippen molar-refractivity contribution in [3.63, 3.8) is 0 Å². The van der Waals surface area contributed by atoms with Crippen molar-refractivity contribution in [1.82, 2.24) is 5.32 Å². The second-order valence-electron chi connectivity index (χ2n) is 6.05. The van der Waals surface area contributed by atoms with Gasteiger partial charge in [-0.05, 0) is 0 Å². The number of ether oxygens (including phenoxy) is 5. The van der Waals surface area contributed by atoms with E-state index >= 15 is 0 Å². The molecule has 28 heavy (non-hydrogen) atoms. The first-order valence-corrected chi connectivity index (χ1v) is 8.65. The highest BCUT2D eigenvalue weighted by atomic mass is 16.7. The minimum absolute atomic E-state index is 0.0885. The Morgan fingerprint density at radius 1 is 0.821 bits per heavy atom. The van der Waals surface area contributed by atoms with Crippen molar-refractivity contribution in [1.29, 1.82) is 0 Å². The second-order valence-corrected chi connectivity index (χ2v) is 6.05. The fraction of sp³-hybridized carbons (Fsp3) is 0.706. The van der Waals surface area contributed by atoms with Crippen LogP contribution in [0.3, 0.4) is 0 Å². The molecule has 1 amide bonds. The van der Waals surface area contributed by atoms with Gasteiger partial charge in [-0.25, -0.2) is 0 Å². The van der Waals surface area contributed by atoms with Gasteiger partial charge < -0.3 is 29.0 Å². The molecule has 0 aliphatic carbocycles. The molecule has 5 atom stereocenters. The highest BCUT2D eigenvalue weighted by Crippen LogP contribution is 2.28. The fourth-order valence-electron chi connectivity index (χ4n) is 2.61. The average molecular weight is 403 g/mol. The summed E-state index contributed by atoms with van der Waals surface area (Å²) >= 11 is 0. The molecule has 2 unspecified atom stereocenters. The van der Waals surface area contributed by atoms with Crippen molar-refractivity contribution in [2.24, 2.45) is 0 Å². The van der Waals surface area contributed by atoms with Crippen LogP contribution in [0.4, 0.5) is 0 Å². The van der Waals surface area contributed by atoms with E-state index in [-0.39, 0.29) is 13.0 Å². The van der Waals surface area contributed by atoms with Gasteiger partial charge in [0.1, 0.15) is 18.8 Å². The lowest BCUT2D eigenvalue weighted by molar-refractivity contribution is -0.271. The van der Waals surface area contributed by atoms with E-state index in [1.54, 1.807) is 6.92 Å². The molecule has 0 radical (unpaired) electrons. The lowest BCUT2D eigenvalue weighted by Crippen LogP contribution is -2.66. The van der Waals surface area contributed by atoms with E-state index in [4.69, 9.17) is 23.7 Å². The largest absolute Gasteiger partial charge is 0.463 e. The predicted octanol–water partition coefficient (Wildman–Crippen LogP) is -0.404. The van der Waals surface area contributed by atoms with Crippen molar-refractivity contribution in [2.75, 3.05) is 6.61 Å². The maximum atomic E-state index is 11.9. The number of carbonyl (C=O) groups excluding carboxylic acids is 5. The summed E-state index contributed by atoms with van der Waals surface area (Å²) in [6.07, 6.45) is -4.88. The first kappa shape index (κ1) is 23.3. The molecule has 158 valence electrons. The molecular weight excluding hydrogens is 378 g/mol. The molecule has 0 bridgehead atoms. The third kappa shape index (κ3) is 7.14. The molecule has 0 aromatic rings. The Hall–Kier alpha value is -2.69. The van der Waals surface area contributed by atoms with Crippen LogP contribution in [0.15, 0.2) is 0 Å². The number of hydrogen-bond donors (Lipinski definition) is 1. The molecule has 11 heteroatoms. The maximum absolute atomic E-state index is 11.9. The van der Waals surface area contributed by atoms with Gasteiger partial charge in [0, 0.05) is 34.1 Å². The number of amides is 1. The summed E-state index contributed by atoms with van der Waals surface area (Å²) in [5.74, 6) is -3.24. The molecule has 1 aliphatic heterocycles. The highest BCUT2D eigenvalue weighted by Gasteiger charge is 2.52. The molecule has 1 saturated heterocycles. The SMILES string of the molecule is CCC(=O)NC1[C@H](OC(C)=O)OC(COC(C)=O)[C@@H](OC(C)=O)[C@H]1OC(C)=O. The quantitative estimate of drug-likeness (QED) is 0.440. The smallest absolute Gasteiger partial charge is 0.305 e. The standard InChI is InChI=1S/C17H25NO10/c1-6-13(23)18-14-16(26-10(4)21)15(25-9(3)20)12(7-24-8(2)19)28-17(14)27-11(5)22/h12,14-17H,6-7H2,1-5H3,(H,18,23)/t12?,14?,15-,16+,17-/m1/s1. The van der Waals surface area contributed by atoms with E-state index in [2.05, 4.69) is 5.32 Å². The van der Waals surface area contributed by atoms with Crippen molar-refractivity contribution < 1.29 is 47.7 Å². The van der Waals surface area contributed by atoms with Crippen LogP contribution in [0.1, 0.15) is 41.0 Å². The number of nitrogens with one attached hydrogen (secondary N) is 1. The van der Waals surface area contributed by atoms with Crippen LogP contribution in [0.25, 0.3) is 0 Å². The van der Waals surface area contributed by atoms with Crippen LogP contribution in [0.2, 0.25) is 0 Å². The van der Waals surface area contributed by atoms with Gasteiger partial charge in [0.05, 0.1) is 0 Å². The Bertz CT molecular complexity index is 619. The van der Waals surface area contributed by atoms with Crippen LogP contribution >= 0.6 is 0 Å². The van der Waals surface area contributed by atoms with Crippen LogP contribution in [0.5, 0.6) is 0 Å². The first-order valence-electron chi connectivity index (χ1n) is 8.65. The Morgan fingerprint density at radius 3 is 1.82 bits per heavy atom. The summed E-state index contributed by atoms with van der Waals surface area (Å²) in [7, 11) is 0. The van der Waals surface area contributed by atoms with Gasteiger partial charge in [-0.1, -0.05) is 6.92 Å². The average Bonchev–Trinajstić information content (AvgIpc) is 2.56. The zero-order valence-corrected chi connectivity index (χ0v) is 16.4. The Morgan fingerprint density at radius 2 is 1.36 bits per heavy atom. The minimum atomic E-state index is -1.37. The third-order valence-electron chi connectivity index (χ3n) is 3.63. The van der Waals surface area contributed by atoms with Crippen LogP contribution in [-0.2, 0) is 47.7 Å². The topological polar surface area (TPSA) is 144 Å². The Labute approximate surface area is 161 Å². The van der Waals surface area contributed by atoms with Crippen LogP contribution < -0.4 is 5.32 Å². The summed E-state index contributed by atoms with van der Waals surface area (Å²) in [5.41, 5.74) is 0. The Kier molecular flexibility index (Phi) is 8.83. The third-order valence-corrected chi connectivity index (χ3v) is 3.63. The number of carbonyl (C=O) groups is 5. The van der Waals surface area contributed by atoms with Crippen molar-refractivity contribution >= 4 is 29.8 Å². The van der Waals surface area contributed by atoms with Gasteiger partial charge in [-0.2, -0.15) is 0 Å². The first-order chi connectivity index (χ1) is 13.0. The van der Waals surface area contributed by atoms with Crippen molar-refractivity contribution in [3.05, 3.63) is 0 Å². The number of hydrogen-bond acceptors (Lipinski definition) is 10. The molecule has 1 heterocycles. The number of esters is 4. The lowest BCUT2D eigenvalue weighted by Gasteiger charge is -2.44. The fourth-order valence-corrected chi connectivity index (χ4v) is 2.61. The second kappa shape index (κ2) is 10.6. The summed E-state index contributed by atoms with van der Waals surface area (Å²) < 4.78 is 26.1. The van der Waals surface area contributed by atoms with Gasteiger partial charge in [-0.15, -0.1) is 0 Å². The highest BCUT2D eigenvalue weighted by molar-refractivity contribution is 5.76. The molecule has 0 aromatic heterocycles. The molecule has 0 spiro atoms. The van der Waals surface area contributed by atoms with Gasteiger partial charge in [0.25, 0.3) is 0 Å². The van der Waals surface area contributed by atoms with Crippen molar-refractivity contribution in [2.45, 2.75) is 71.7 Å². The molecule has 0 saturated carbocycles.